The van der Waals surface area contributed by atoms with Crippen LogP contribution in [0.1, 0.15) is 51.7 Å². The van der Waals surface area contributed by atoms with E-state index < -0.39 is 16.4 Å². The summed E-state index contributed by atoms with van der Waals surface area (Å²) >= 11 is 0. The lowest BCUT2D eigenvalue weighted by Crippen LogP contribution is -2.59. The van der Waals surface area contributed by atoms with Crippen LogP contribution >= 0.6 is 0 Å². The minimum atomic E-state index is -2.07. The first-order chi connectivity index (χ1) is 16.5. The number of hydrogen-bond acceptors (Lipinski definition) is 5. The molecule has 2 aromatic rings. The summed E-state index contributed by atoms with van der Waals surface area (Å²) in [5.41, 5.74) is 2.36. The van der Waals surface area contributed by atoms with Crippen LogP contribution in [0, 0.1) is 0 Å². The van der Waals surface area contributed by atoms with Crippen molar-refractivity contribution in [3.8, 4) is 23.0 Å². The minimum Gasteiger partial charge on any atom is -0.504 e. The van der Waals surface area contributed by atoms with Crippen LogP contribution in [0.5, 0.6) is 23.0 Å². The molecule has 0 saturated carbocycles. The molecule has 0 radical (unpaired) electrons. The van der Waals surface area contributed by atoms with Gasteiger partial charge in [-0.2, -0.15) is 0 Å². The van der Waals surface area contributed by atoms with E-state index in [1.807, 2.05) is 24.3 Å². The molecule has 0 bridgehead atoms. The Labute approximate surface area is 221 Å². The summed E-state index contributed by atoms with van der Waals surface area (Å²) in [4.78, 5) is 0. The first kappa shape index (κ1) is 30.3. The Hall–Kier alpha value is -1.97. The number of aryl methyl sites for hydroxylation is 2. The molecule has 0 unspecified atom stereocenters. The Balaban J connectivity index is 2.03. The van der Waals surface area contributed by atoms with Gasteiger partial charge in [0.25, 0.3) is 0 Å². The number of rotatable bonds is 13. The quantitative estimate of drug-likeness (QED) is 0.259. The van der Waals surface area contributed by atoms with Crippen molar-refractivity contribution in [3.05, 3.63) is 47.5 Å². The summed E-state index contributed by atoms with van der Waals surface area (Å²) in [5.74, 6) is 1.42. The molecule has 0 fully saturated rings. The van der Waals surface area contributed by atoms with Gasteiger partial charge in [0.2, 0.25) is 0 Å². The van der Waals surface area contributed by atoms with Crippen LogP contribution in [0.25, 0.3) is 0 Å². The number of benzene rings is 2. The molecule has 2 aromatic carbocycles. The lowest BCUT2D eigenvalue weighted by molar-refractivity contribution is 0.159. The van der Waals surface area contributed by atoms with Crippen molar-refractivity contribution in [1.29, 1.82) is 0 Å². The predicted molar refractivity (Wildman–Crippen MR) is 155 cm³/mol. The first-order valence-corrected chi connectivity index (χ1v) is 19.1. The fraction of sp³-hybridized carbons (Fsp3) is 0.586. The Kier molecular flexibility index (Phi) is 9.76. The molecule has 0 aliphatic heterocycles. The summed E-state index contributed by atoms with van der Waals surface area (Å²) in [5, 5.41) is 19.7. The van der Waals surface area contributed by atoms with Crippen LogP contribution < -0.4 is 9.47 Å². The molecule has 36 heavy (non-hydrogen) atoms. The van der Waals surface area contributed by atoms with Crippen LogP contribution in [0.3, 0.4) is 0 Å². The topological polar surface area (TPSA) is 68.2 Å². The third kappa shape index (κ3) is 7.29. The van der Waals surface area contributed by atoms with Gasteiger partial charge in [0, 0.05) is 5.22 Å². The molecule has 0 aromatic heterocycles. The summed E-state index contributed by atoms with van der Waals surface area (Å²) in [6.07, 6.45) is 3.99. The summed E-state index contributed by atoms with van der Waals surface area (Å²) in [6.45, 7) is 18.9. The SMILES string of the molecule is COc1cc(CCC[Si](C)(C)C(C)(C)O[Si](C)(C)C(C)(C)CCc2ccc(O)c(OC)c2)ccc1O. The highest BCUT2D eigenvalue weighted by Gasteiger charge is 2.49. The molecule has 7 heteroatoms. The van der Waals surface area contributed by atoms with Crippen molar-refractivity contribution < 1.29 is 24.1 Å². The second-order valence-corrected chi connectivity index (χ2v) is 22.3. The van der Waals surface area contributed by atoms with Gasteiger partial charge >= 0.3 is 0 Å². The largest absolute Gasteiger partial charge is 0.504 e. The molecular formula is C29H48O5Si2. The molecule has 2 N–H and O–H groups in total. The zero-order valence-electron chi connectivity index (χ0n) is 24.1. The lowest BCUT2D eigenvalue weighted by atomic mass is 10.0. The molecule has 2 rings (SSSR count). The van der Waals surface area contributed by atoms with Crippen molar-refractivity contribution in [2.75, 3.05) is 14.2 Å². The van der Waals surface area contributed by atoms with E-state index in [1.54, 1.807) is 26.4 Å². The number of phenolic OH excluding ortho intramolecular Hbond substituents is 2. The second kappa shape index (κ2) is 11.6. The molecule has 0 saturated heterocycles. The molecule has 0 aliphatic rings. The van der Waals surface area contributed by atoms with Crippen molar-refractivity contribution in [1.82, 2.24) is 0 Å². The number of aromatic hydroxyl groups is 2. The minimum absolute atomic E-state index is 0.0719. The maximum atomic E-state index is 9.91. The van der Waals surface area contributed by atoms with E-state index in [0.717, 1.165) is 25.7 Å². The van der Waals surface area contributed by atoms with E-state index in [0.29, 0.717) is 11.5 Å². The number of hydrogen-bond donors (Lipinski definition) is 2. The lowest BCUT2D eigenvalue weighted by Gasteiger charge is -2.50. The zero-order valence-corrected chi connectivity index (χ0v) is 26.1. The van der Waals surface area contributed by atoms with Gasteiger partial charge in [0.15, 0.2) is 31.3 Å². The highest BCUT2D eigenvalue weighted by molar-refractivity contribution is 6.82. The van der Waals surface area contributed by atoms with Gasteiger partial charge in [-0.15, -0.1) is 0 Å². The van der Waals surface area contributed by atoms with Gasteiger partial charge in [0.1, 0.15) is 0 Å². The molecule has 202 valence electrons. The van der Waals surface area contributed by atoms with Gasteiger partial charge in [0.05, 0.1) is 22.3 Å². The number of ether oxygens (including phenoxy) is 2. The fourth-order valence-corrected chi connectivity index (χ4v) is 10.3. The Bertz CT molecular complexity index is 1010. The molecule has 0 amide bonds. The Morgan fingerprint density at radius 3 is 1.69 bits per heavy atom. The predicted octanol–water partition coefficient (Wildman–Crippen LogP) is 7.71. The maximum Gasteiger partial charge on any atom is 0.192 e. The normalized spacial score (nSPS) is 13.1. The van der Waals surface area contributed by atoms with Crippen LogP contribution in [0.4, 0.5) is 0 Å². The number of methoxy groups -OCH3 is 2. The van der Waals surface area contributed by atoms with Crippen LogP contribution in [0.2, 0.25) is 37.3 Å². The fourth-order valence-electron chi connectivity index (χ4n) is 4.46. The zero-order chi connectivity index (χ0) is 27.4. The molecule has 0 heterocycles. The monoisotopic (exact) mass is 532 g/mol. The van der Waals surface area contributed by atoms with E-state index >= 15 is 0 Å². The summed E-state index contributed by atoms with van der Waals surface area (Å²) in [7, 11) is -0.627. The highest BCUT2D eigenvalue weighted by atomic mass is 28.4. The van der Waals surface area contributed by atoms with Crippen molar-refractivity contribution in [3.63, 3.8) is 0 Å². The van der Waals surface area contributed by atoms with Crippen LogP contribution in [-0.4, -0.2) is 46.0 Å². The second-order valence-electron chi connectivity index (χ2n) is 12.3. The van der Waals surface area contributed by atoms with E-state index in [1.165, 1.54) is 17.2 Å². The molecular weight excluding hydrogens is 484 g/mol. The smallest absolute Gasteiger partial charge is 0.192 e. The van der Waals surface area contributed by atoms with Crippen molar-refractivity contribution in [2.45, 2.75) is 95.9 Å². The van der Waals surface area contributed by atoms with E-state index in [9.17, 15) is 10.2 Å². The Morgan fingerprint density at radius 1 is 0.750 bits per heavy atom. The number of phenols is 2. The van der Waals surface area contributed by atoms with Crippen molar-refractivity contribution >= 4 is 16.4 Å². The van der Waals surface area contributed by atoms with Crippen LogP contribution in [0.15, 0.2) is 36.4 Å². The molecule has 0 aliphatic carbocycles. The molecule has 0 atom stereocenters. The maximum absolute atomic E-state index is 9.91. The molecule has 5 nitrogen and oxygen atoms in total. The standard InChI is InChI=1S/C29H48O5Si2/c1-28(2,18-17-23-14-16-25(31)27(21-23)33-6)36(9,10)34-29(3,4)35(7,8)19-11-12-22-13-15-24(30)26(20-22)32-5/h13-16,20-21,30-31H,11-12,17-19H2,1-10H3. The van der Waals surface area contributed by atoms with Crippen LogP contribution in [-0.2, 0) is 17.3 Å². The van der Waals surface area contributed by atoms with E-state index in [-0.39, 0.29) is 21.8 Å². The average molecular weight is 533 g/mol. The van der Waals surface area contributed by atoms with Gasteiger partial charge in [-0.25, -0.2) is 0 Å². The van der Waals surface area contributed by atoms with Gasteiger partial charge in [-0.1, -0.05) is 51.5 Å². The third-order valence-corrected chi connectivity index (χ3v) is 18.3. The Morgan fingerprint density at radius 2 is 1.22 bits per heavy atom. The summed E-state index contributed by atoms with van der Waals surface area (Å²) in [6, 6.07) is 12.4. The van der Waals surface area contributed by atoms with Gasteiger partial charge < -0.3 is 24.1 Å². The van der Waals surface area contributed by atoms with Gasteiger partial charge in [-0.05, 0) is 86.6 Å². The van der Waals surface area contributed by atoms with E-state index in [2.05, 4.69) is 53.9 Å². The molecule has 0 spiro atoms. The van der Waals surface area contributed by atoms with Crippen molar-refractivity contribution in [2.24, 2.45) is 0 Å². The average Bonchev–Trinajstić information content (AvgIpc) is 2.78. The van der Waals surface area contributed by atoms with Gasteiger partial charge in [-0.3, -0.25) is 0 Å². The third-order valence-electron chi connectivity index (χ3n) is 8.56. The summed E-state index contributed by atoms with van der Waals surface area (Å²) < 4.78 is 17.7. The van der Waals surface area contributed by atoms with E-state index in [4.69, 9.17) is 13.9 Å². The first-order valence-electron chi connectivity index (χ1n) is 13.0. The highest BCUT2D eigenvalue weighted by Crippen LogP contribution is 2.46.